The van der Waals surface area contributed by atoms with Crippen LogP contribution in [0.15, 0.2) is 33.8 Å². The second-order valence-corrected chi connectivity index (χ2v) is 7.94. The molecule has 7 nitrogen and oxygen atoms in total. The van der Waals surface area contributed by atoms with E-state index in [0.717, 1.165) is 10.2 Å². The van der Waals surface area contributed by atoms with E-state index in [-0.39, 0.29) is 21.5 Å². The Morgan fingerprint density at radius 1 is 1.30 bits per heavy atom. The number of aryl methyl sites for hydroxylation is 3. The highest BCUT2D eigenvalue weighted by atomic mass is 79.9. The van der Waals surface area contributed by atoms with Gasteiger partial charge >= 0.3 is 5.97 Å². The summed E-state index contributed by atoms with van der Waals surface area (Å²) in [6, 6.07) is 4.84. The number of halogens is 2. The highest BCUT2D eigenvalue weighted by molar-refractivity contribution is 9.10. The average Bonchev–Trinajstić information content (AvgIpc) is 2.53. The van der Waals surface area contributed by atoms with Crippen LogP contribution >= 0.6 is 15.9 Å². The van der Waals surface area contributed by atoms with Gasteiger partial charge in [0.05, 0.1) is 16.5 Å². The number of hydrogen-bond donors (Lipinski definition) is 1. The second-order valence-electron chi connectivity index (χ2n) is 5.77. The molecule has 148 valence electrons. The molecule has 0 atom stereocenters. The molecule has 2 N–H and O–H groups in total. The van der Waals surface area contributed by atoms with E-state index in [4.69, 9.17) is 5.84 Å². The molecule has 1 aromatic heterocycles. The lowest BCUT2D eigenvalue weighted by atomic mass is 10.1. The fraction of sp³-hybridized carbons (Fsp3) is 0.294. The van der Waals surface area contributed by atoms with Gasteiger partial charge in [-0.2, -0.15) is 4.39 Å². The number of nitrogens with two attached hydrogens (primary N) is 1. The first kappa shape index (κ1) is 23.0. The summed E-state index contributed by atoms with van der Waals surface area (Å²) < 4.78 is 51.6. The van der Waals surface area contributed by atoms with Crippen LogP contribution in [0, 0.1) is 26.6 Å². The molecule has 10 heteroatoms. The minimum absolute atomic E-state index is 0.0752. The minimum Gasteiger partial charge on any atom is -0.744 e. The zero-order chi connectivity index (χ0) is 20.9. The van der Waals surface area contributed by atoms with Gasteiger partial charge in [0.2, 0.25) is 12.0 Å². The number of ether oxygens (including phenoxy) is 1. The Labute approximate surface area is 165 Å². The summed E-state index contributed by atoms with van der Waals surface area (Å²) >= 11 is 3.00. The molecule has 1 aromatic carbocycles. The average molecular weight is 463 g/mol. The number of hydrogen-bond acceptors (Lipinski definition) is 6. The first-order chi connectivity index (χ1) is 12.4. The maximum atomic E-state index is 13.4. The summed E-state index contributed by atoms with van der Waals surface area (Å²) in [5.41, 5.74) is 2.08. The third-order valence-electron chi connectivity index (χ3n) is 3.55. The summed E-state index contributed by atoms with van der Waals surface area (Å²) in [6.45, 7) is 5.12. The lowest BCUT2D eigenvalue weighted by Crippen LogP contribution is -2.49. The Kier molecular flexibility index (Phi) is 7.88. The number of methoxy groups -OCH3 is 1. The summed E-state index contributed by atoms with van der Waals surface area (Å²) in [7, 11) is -3.10. The minimum atomic E-state index is -4.33. The van der Waals surface area contributed by atoms with E-state index in [9.17, 15) is 22.2 Å². The quantitative estimate of drug-likeness (QED) is 0.322. The normalized spacial score (nSPS) is 10.8. The van der Waals surface area contributed by atoms with Crippen LogP contribution in [-0.4, -0.2) is 26.0 Å². The topological polar surface area (TPSA) is 113 Å². The number of pyridine rings is 1. The molecule has 0 saturated carbocycles. The van der Waals surface area contributed by atoms with E-state index in [1.807, 2.05) is 6.92 Å². The lowest BCUT2D eigenvalue weighted by Gasteiger charge is -2.14. The second kappa shape index (κ2) is 9.25. The van der Waals surface area contributed by atoms with E-state index in [1.54, 1.807) is 26.0 Å². The van der Waals surface area contributed by atoms with Crippen molar-refractivity contribution in [2.75, 3.05) is 13.0 Å². The molecule has 0 radical (unpaired) electrons. The van der Waals surface area contributed by atoms with Gasteiger partial charge in [-0.25, -0.2) is 14.3 Å². The van der Waals surface area contributed by atoms with Crippen LogP contribution in [0.4, 0.5) is 4.39 Å². The van der Waals surface area contributed by atoms with E-state index in [0.29, 0.717) is 11.1 Å². The molecule has 0 amide bonds. The van der Waals surface area contributed by atoms with E-state index in [1.165, 1.54) is 19.4 Å². The monoisotopic (exact) mass is 462 g/mol. The predicted molar refractivity (Wildman–Crippen MR) is 98.8 cm³/mol. The number of carbonyl (C=O) groups is 1. The molecule has 0 saturated heterocycles. The summed E-state index contributed by atoms with van der Waals surface area (Å²) in [6.07, 6.45) is 1.25. The Hall–Kier alpha value is -2.04. The largest absolute Gasteiger partial charge is 0.744 e. The molecule has 0 aliphatic heterocycles. The highest BCUT2D eigenvalue weighted by Gasteiger charge is 2.21. The Bertz CT molecular complexity index is 941. The van der Waals surface area contributed by atoms with Gasteiger partial charge in [-0.05, 0) is 47.8 Å². The molecule has 0 fully saturated rings. The molecule has 0 aliphatic rings. The van der Waals surface area contributed by atoms with Crippen molar-refractivity contribution in [2.45, 2.75) is 32.1 Å². The van der Waals surface area contributed by atoms with Crippen LogP contribution < -0.4 is 10.5 Å². The van der Waals surface area contributed by atoms with Crippen LogP contribution in [0.2, 0.25) is 0 Å². The summed E-state index contributed by atoms with van der Waals surface area (Å²) in [4.78, 5) is 10.8. The maximum Gasteiger partial charge on any atom is 0.316 e. The van der Waals surface area contributed by atoms with Crippen LogP contribution in [0.1, 0.15) is 22.4 Å². The van der Waals surface area contributed by atoms with Gasteiger partial charge in [-0.1, -0.05) is 22.4 Å². The highest BCUT2D eigenvalue weighted by Crippen LogP contribution is 2.20. The number of aromatic nitrogens is 1. The molecular weight excluding hydrogens is 443 g/mol. The number of nitrogens with zero attached hydrogens (tertiary/aromatic N) is 1. The number of benzene rings is 1. The molecule has 2 aromatic rings. The Morgan fingerprint density at radius 3 is 2.26 bits per heavy atom. The zero-order valence-corrected chi connectivity index (χ0v) is 17.6. The third-order valence-corrected chi connectivity index (χ3v) is 5.31. The molecule has 0 bridgehead atoms. The van der Waals surface area contributed by atoms with Crippen molar-refractivity contribution in [2.24, 2.45) is 0 Å². The molecular formula is C17H20BrFN2O5S. The van der Waals surface area contributed by atoms with Crippen molar-refractivity contribution in [3.05, 3.63) is 57.1 Å². The fourth-order valence-electron chi connectivity index (χ4n) is 2.50. The maximum absolute atomic E-state index is 13.4. The SMILES string of the molecule is COC(=O)Cc1c(F)c(Br)cc[n+]1N.Cc1cc(C)c(S(=O)(=O)[O-])c(C)c1. The van der Waals surface area contributed by atoms with E-state index < -0.39 is 21.9 Å². The van der Waals surface area contributed by atoms with Crippen molar-refractivity contribution in [3.63, 3.8) is 0 Å². The number of nitrogen functional groups attached to an aromatic ring is 1. The molecule has 0 unspecified atom stereocenters. The molecule has 1 heterocycles. The third kappa shape index (κ3) is 6.26. The number of esters is 1. The Morgan fingerprint density at radius 2 is 1.81 bits per heavy atom. The van der Waals surface area contributed by atoms with Crippen molar-refractivity contribution in [3.8, 4) is 0 Å². The number of rotatable bonds is 3. The van der Waals surface area contributed by atoms with E-state index >= 15 is 0 Å². The van der Waals surface area contributed by atoms with Gasteiger partial charge in [0, 0.05) is 6.07 Å². The van der Waals surface area contributed by atoms with Crippen molar-refractivity contribution in [1.82, 2.24) is 0 Å². The van der Waals surface area contributed by atoms with Crippen molar-refractivity contribution >= 4 is 32.0 Å². The van der Waals surface area contributed by atoms with Gasteiger partial charge in [-0.3, -0.25) is 4.79 Å². The number of carbonyl (C=O) groups excluding carboxylic acids is 1. The van der Waals surface area contributed by atoms with Gasteiger partial charge < -0.3 is 9.29 Å². The zero-order valence-electron chi connectivity index (χ0n) is 15.2. The van der Waals surface area contributed by atoms with Crippen LogP contribution in [0.5, 0.6) is 0 Å². The first-order valence-corrected chi connectivity index (χ1v) is 9.82. The fourth-order valence-corrected chi connectivity index (χ4v) is 3.75. The smallest absolute Gasteiger partial charge is 0.316 e. The summed E-state index contributed by atoms with van der Waals surface area (Å²) in [5, 5.41) is 0. The van der Waals surface area contributed by atoms with Crippen LogP contribution in [0.25, 0.3) is 0 Å². The van der Waals surface area contributed by atoms with Gasteiger partial charge in [0.25, 0.3) is 5.69 Å². The first-order valence-electron chi connectivity index (χ1n) is 7.62. The lowest BCUT2D eigenvalue weighted by molar-refractivity contribution is -0.648. The molecule has 27 heavy (non-hydrogen) atoms. The van der Waals surface area contributed by atoms with Crippen molar-refractivity contribution < 1.29 is 31.6 Å². The van der Waals surface area contributed by atoms with Crippen molar-refractivity contribution in [1.29, 1.82) is 0 Å². The predicted octanol–water partition coefficient (Wildman–Crippen LogP) is 1.82. The van der Waals surface area contributed by atoms with E-state index in [2.05, 4.69) is 20.7 Å². The summed E-state index contributed by atoms with van der Waals surface area (Å²) in [5.74, 6) is 4.35. The van der Waals surface area contributed by atoms with Gasteiger partial charge in [0.15, 0.2) is 0 Å². The van der Waals surface area contributed by atoms with Gasteiger partial charge in [0.1, 0.15) is 16.5 Å². The molecule has 2 rings (SSSR count). The molecule has 0 spiro atoms. The van der Waals surface area contributed by atoms with Crippen LogP contribution in [0.3, 0.4) is 0 Å². The van der Waals surface area contributed by atoms with Gasteiger partial charge in [-0.15, -0.1) is 0 Å². The van der Waals surface area contributed by atoms with Crippen LogP contribution in [-0.2, 0) is 26.1 Å². The standard InChI is InChI=1S/C9H12O3S.C8H9BrFN2O2/c1-6-4-7(2)9(8(3)5-6)13(10,11)12;1-14-7(13)4-6-8(10)5(9)2-3-12(6)11/h4-5H,1-3H3,(H,10,11,12);2-3H,4,11H2,1H3/q;+1/p-1. The Balaban J connectivity index is 0.000000271. The molecule has 0 aliphatic carbocycles.